The molecule has 0 aliphatic heterocycles. The van der Waals surface area contributed by atoms with E-state index in [2.05, 4.69) is 4.98 Å². The van der Waals surface area contributed by atoms with Crippen LogP contribution in [0.25, 0.3) is 11.3 Å². The number of nitrogens with zero attached hydrogens (tertiary/aromatic N) is 1. The van der Waals surface area contributed by atoms with Crippen molar-refractivity contribution >= 4 is 24.8 Å². The van der Waals surface area contributed by atoms with Crippen LogP contribution in [0.4, 0.5) is 0 Å². The largest absolute Gasteiger partial charge is 0.497 e. The van der Waals surface area contributed by atoms with Crippen LogP contribution < -0.4 is 10.5 Å². The molecule has 2 aromatic rings. The highest BCUT2D eigenvalue weighted by Gasteiger charge is 2.00. The average molecular weight is 287 g/mol. The van der Waals surface area contributed by atoms with Crippen molar-refractivity contribution in [3.63, 3.8) is 0 Å². The van der Waals surface area contributed by atoms with Gasteiger partial charge in [0.1, 0.15) is 5.75 Å². The second-order valence-corrected chi connectivity index (χ2v) is 3.48. The van der Waals surface area contributed by atoms with Crippen LogP contribution in [0.15, 0.2) is 42.6 Å². The molecule has 0 atom stereocenters. The molecule has 0 spiro atoms. The highest BCUT2D eigenvalue weighted by molar-refractivity contribution is 5.85. The summed E-state index contributed by atoms with van der Waals surface area (Å²) in [7, 11) is 1.66. The normalized spacial score (nSPS) is 9.00. The molecule has 0 amide bonds. The minimum absolute atomic E-state index is 0. The lowest BCUT2D eigenvalue weighted by molar-refractivity contribution is 0.415. The third-order valence-corrected chi connectivity index (χ3v) is 2.45. The van der Waals surface area contributed by atoms with Crippen LogP contribution in [0, 0.1) is 0 Å². The summed E-state index contributed by atoms with van der Waals surface area (Å²) in [4.78, 5) is 4.32. The highest BCUT2D eigenvalue weighted by Crippen LogP contribution is 2.20. The minimum atomic E-state index is 0. The van der Waals surface area contributed by atoms with Gasteiger partial charge < -0.3 is 10.5 Å². The number of ether oxygens (including phenoxy) is 1. The molecule has 0 fully saturated rings. The SMILES string of the molecule is COc1ccc(-c2cc(CN)ccn2)cc1.Cl.Cl. The predicted molar refractivity (Wildman–Crippen MR) is 78.6 cm³/mol. The molecule has 5 heteroatoms. The Morgan fingerprint density at radius 2 is 1.78 bits per heavy atom. The van der Waals surface area contributed by atoms with Crippen molar-refractivity contribution in [2.45, 2.75) is 6.54 Å². The number of benzene rings is 1. The maximum absolute atomic E-state index is 5.59. The number of pyridine rings is 1. The molecule has 3 nitrogen and oxygen atoms in total. The van der Waals surface area contributed by atoms with Gasteiger partial charge in [0.25, 0.3) is 0 Å². The molecule has 0 aliphatic carbocycles. The van der Waals surface area contributed by atoms with Gasteiger partial charge in [-0.1, -0.05) is 0 Å². The quantitative estimate of drug-likeness (QED) is 0.943. The van der Waals surface area contributed by atoms with Gasteiger partial charge in [0.05, 0.1) is 12.8 Å². The zero-order valence-corrected chi connectivity index (χ0v) is 11.6. The number of aromatic nitrogens is 1. The smallest absolute Gasteiger partial charge is 0.118 e. The number of nitrogens with two attached hydrogens (primary N) is 1. The van der Waals surface area contributed by atoms with Crippen LogP contribution in [0.3, 0.4) is 0 Å². The summed E-state index contributed by atoms with van der Waals surface area (Å²) in [5.74, 6) is 0.846. The van der Waals surface area contributed by atoms with Gasteiger partial charge in [0, 0.05) is 18.3 Å². The Morgan fingerprint density at radius 3 is 2.33 bits per heavy atom. The monoisotopic (exact) mass is 286 g/mol. The topological polar surface area (TPSA) is 48.1 Å². The molecule has 0 unspecified atom stereocenters. The highest BCUT2D eigenvalue weighted by atomic mass is 35.5. The third-order valence-electron chi connectivity index (χ3n) is 2.45. The Balaban J connectivity index is 0.00000144. The van der Waals surface area contributed by atoms with Crippen molar-refractivity contribution in [1.29, 1.82) is 0 Å². The first kappa shape index (κ1) is 16.7. The van der Waals surface area contributed by atoms with Crippen LogP contribution in [-0.2, 0) is 6.54 Å². The van der Waals surface area contributed by atoms with E-state index in [-0.39, 0.29) is 24.8 Å². The zero-order chi connectivity index (χ0) is 11.4. The Kier molecular flexibility index (Phi) is 7.36. The van der Waals surface area contributed by atoms with E-state index in [1.54, 1.807) is 13.3 Å². The molecular formula is C13H16Cl2N2O. The first-order chi connectivity index (χ1) is 7.83. The minimum Gasteiger partial charge on any atom is -0.497 e. The summed E-state index contributed by atoms with van der Waals surface area (Å²) in [6, 6.07) is 11.7. The number of methoxy groups -OCH3 is 1. The molecule has 0 aliphatic rings. The van der Waals surface area contributed by atoms with Gasteiger partial charge in [0.15, 0.2) is 0 Å². The second kappa shape index (κ2) is 7.93. The van der Waals surface area contributed by atoms with Gasteiger partial charge in [-0.15, -0.1) is 24.8 Å². The number of hydrogen-bond acceptors (Lipinski definition) is 3. The average Bonchev–Trinajstić information content (AvgIpc) is 2.39. The van der Waals surface area contributed by atoms with E-state index >= 15 is 0 Å². The molecule has 2 rings (SSSR count). The van der Waals surface area contributed by atoms with E-state index in [0.29, 0.717) is 6.54 Å². The van der Waals surface area contributed by atoms with Crippen LogP contribution in [0.1, 0.15) is 5.56 Å². The van der Waals surface area contributed by atoms with Crippen LogP contribution in [0.2, 0.25) is 0 Å². The van der Waals surface area contributed by atoms with E-state index in [1.807, 2.05) is 36.4 Å². The van der Waals surface area contributed by atoms with Crippen molar-refractivity contribution in [2.75, 3.05) is 7.11 Å². The van der Waals surface area contributed by atoms with Gasteiger partial charge in [0.2, 0.25) is 0 Å². The maximum Gasteiger partial charge on any atom is 0.118 e. The standard InChI is InChI=1S/C13H14N2O.2ClH/c1-16-12-4-2-11(3-5-12)13-8-10(9-14)6-7-15-13;;/h2-8H,9,14H2,1H3;2*1H. The number of halogens is 2. The molecule has 18 heavy (non-hydrogen) atoms. The second-order valence-electron chi connectivity index (χ2n) is 3.48. The van der Waals surface area contributed by atoms with Gasteiger partial charge in [-0.2, -0.15) is 0 Å². The first-order valence-corrected chi connectivity index (χ1v) is 5.13. The molecule has 1 heterocycles. The van der Waals surface area contributed by atoms with Crippen molar-refractivity contribution in [3.8, 4) is 17.0 Å². The summed E-state index contributed by atoms with van der Waals surface area (Å²) < 4.78 is 5.11. The lowest BCUT2D eigenvalue weighted by Crippen LogP contribution is -1.97. The molecule has 0 radical (unpaired) electrons. The molecule has 1 aromatic heterocycles. The van der Waals surface area contributed by atoms with Gasteiger partial charge in [-0.05, 0) is 42.0 Å². The van der Waals surface area contributed by atoms with E-state index in [4.69, 9.17) is 10.5 Å². The number of hydrogen-bond donors (Lipinski definition) is 1. The lowest BCUT2D eigenvalue weighted by Gasteiger charge is -2.04. The number of rotatable bonds is 3. The molecule has 98 valence electrons. The fourth-order valence-corrected chi connectivity index (χ4v) is 1.52. The molecular weight excluding hydrogens is 271 g/mol. The van der Waals surface area contributed by atoms with Crippen molar-refractivity contribution < 1.29 is 4.74 Å². The van der Waals surface area contributed by atoms with E-state index in [0.717, 1.165) is 22.6 Å². The molecule has 0 saturated heterocycles. The summed E-state index contributed by atoms with van der Waals surface area (Å²) in [6.45, 7) is 0.533. The van der Waals surface area contributed by atoms with Gasteiger partial charge in [-0.25, -0.2) is 0 Å². The van der Waals surface area contributed by atoms with Crippen molar-refractivity contribution in [2.24, 2.45) is 5.73 Å². The molecule has 0 bridgehead atoms. The fraction of sp³-hybridized carbons (Fsp3) is 0.154. The zero-order valence-electron chi connectivity index (χ0n) is 10.00. The predicted octanol–water partition coefficient (Wildman–Crippen LogP) is 3.06. The summed E-state index contributed by atoms with van der Waals surface area (Å²) in [6.07, 6.45) is 1.78. The fourth-order valence-electron chi connectivity index (χ4n) is 1.52. The third kappa shape index (κ3) is 3.88. The summed E-state index contributed by atoms with van der Waals surface area (Å²) in [5.41, 5.74) is 8.68. The molecule has 1 aromatic carbocycles. The summed E-state index contributed by atoms with van der Waals surface area (Å²) >= 11 is 0. The Morgan fingerprint density at radius 1 is 1.11 bits per heavy atom. The van der Waals surface area contributed by atoms with Gasteiger partial charge in [-0.3, -0.25) is 4.98 Å². The van der Waals surface area contributed by atoms with E-state index in [9.17, 15) is 0 Å². The van der Waals surface area contributed by atoms with Gasteiger partial charge >= 0.3 is 0 Å². The molecule has 2 N–H and O–H groups in total. The molecule has 0 saturated carbocycles. The van der Waals surface area contributed by atoms with E-state index < -0.39 is 0 Å². The Labute approximate surface area is 119 Å². The maximum atomic E-state index is 5.59. The first-order valence-electron chi connectivity index (χ1n) is 5.13. The van der Waals surface area contributed by atoms with Crippen LogP contribution in [-0.4, -0.2) is 12.1 Å². The van der Waals surface area contributed by atoms with Crippen LogP contribution in [0.5, 0.6) is 5.75 Å². The van der Waals surface area contributed by atoms with Crippen molar-refractivity contribution in [1.82, 2.24) is 4.98 Å². The van der Waals surface area contributed by atoms with Crippen LogP contribution >= 0.6 is 24.8 Å². The van der Waals surface area contributed by atoms with E-state index in [1.165, 1.54) is 0 Å². The Hall–Kier alpha value is -1.29. The summed E-state index contributed by atoms with van der Waals surface area (Å²) in [5, 5.41) is 0. The Bertz CT molecular complexity index is 475. The lowest BCUT2D eigenvalue weighted by atomic mass is 10.1. The van der Waals surface area contributed by atoms with Crippen molar-refractivity contribution in [3.05, 3.63) is 48.2 Å².